The zero-order valence-corrected chi connectivity index (χ0v) is 10.1. The minimum Gasteiger partial charge on any atom is -0.382 e. The molecule has 0 unspecified atom stereocenters. The molecule has 0 aliphatic rings. The smallest absolute Gasteiger partial charge is 0.382 e. The molecule has 9 heteroatoms. The van der Waals surface area contributed by atoms with E-state index in [1.54, 1.807) is 0 Å². The van der Waals surface area contributed by atoms with Gasteiger partial charge in [0.05, 0.1) is 11.1 Å². The molecule has 0 aromatic heterocycles. The van der Waals surface area contributed by atoms with Crippen molar-refractivity contribution in [2.24, 2.45) is 5.73 Å². The number of aliphatic hydroxyl groups excluding tert-OH is 1. The Bertz CT molecular complexity index is 426. The molecule has 0 amide bonds. The highest BCUT2D eigenvalue weighted by atomic mass is 35.5. The zero-order chi connectivity index (χ0) is 13.4. The number of hydrogen-bond donors (Lipinski definition) is 2. The van der Waals surface area contributed by atoms with Crippen LogP contribution < -0.4 is 5.73 Å². The molecule has 2 nitrogen and oxygen atoms in total. The molecule has 0 saturated heterocycles. The molecule has 104 valence electrons. The summed E-state index contributed by atoms with van der Waals surface area (Å²) < 4.78 is 62.9. The number of halogens is 7. The van der Waals surface area contributed by atoms with E-state index in [0.717, 1.165) is 6.07 Å². The van der Waals surface area contributed by atoms with Crippen LogP contribution in [0.5, 0.6) is 0 Å². The third-order valence-corrected chi connectivity index (χ3v) is 2.38. The summed E-state index contributed by atoms with van der Waals surface area (Å²) in [5, 5.41) is 8.24. The van der Waals surface area contributed by atoms with Gasteiger partial charge in [0.1, 0.15) is 11.6 Å². The highest BCUT2D eigenvalue weighted by Crippen LogP contribution is 2.32. The van der Waals surface area contributed by atoms with Crippen LogP contribution in [-0.2, 0) is 0 Å². The van der Waals surface area contributed by atoms with Crippen LogP contribution in [0.25, 0.3) is 0 Å². The molecule has 0 fully saturated rings. The molecule has 0 bridgehead atoms. The van der Waals surface area contributed by atoms with Crippen LogP contribution in [0.1, 0.15) is 11.6 Å². The molecule has 1 aromatic rings. The van der Waals surface area contributed by atoms with Gasteiger partial charge in [0.15, 0.2) is 6.10 Å². The summed E-state index contributed by atoms with van der Waals surface area (Å²) in [6.45, 7) is 0. The van der Waals surface area contributed by atoms with E-state index < -0.39 is 40.5 Å². The van der Waals surface area contributed by atoms with Crippen LogP contribution in [-0.4, -0.2) is 17.4 Å². The van der Waals surface area contributed by atoms with Crippen LogP contribution in [0.2, 0.25) is 5.02 Å². The molecule has 0 radical (unpaired) electrons. The Kier molecular flexibility index (Phi) is 5.80. The molecule has 3 N–H and O–H groups in total. The lowest BCUT2D eigenvalue weighted by molar-refractivity contribution is -0.210. The molecular weight excluding hydrogens is 304 g/mol. The fourth-order valence-corrected chi connectivity index (χ4v) is 1.37. The second kappa shape index (κ2) is 6.01. The molecule has 18 heavy (non-hydrogen) atoms. The van der Waals surface area contributed by atoms with E-state index in [-0.39, 0.29) is 12.4 Å². The Morgan fingerprint density at radius 2 is 1.72 bits per heavy atom. The van der Waals surface area contributed by atoms with Crippen LogP contribution in [0, 0.1) is 11.6 Å². The van der Waals surface area contributed by atoms with Gasteiger partial charge in [-0.2, -0.15) is 13.2 Å². The van der Waals surface area contributed by atoms with E-state index in [0.29, 0.717) is 6.07 Å². The van der Waals surface area contributed by atoms with Gasteiger partial charge >= 0.3 is 6.18 Å². The number of benzene rings is 1. The SMILES string of the molecule is Cl.N[C@H](c1c(F)ccc(Cl)c1F)[C@@H](O)C(F)(F)F. The first kappa shape index (κ1) is 17.4. The molecule has 0 saturated carbocycles. The number of alkyl halides is 3. The van der Waals surface area contributed by atoms with Gasteiger partial charge < -0.3 is 10.8 Å². The molecule has 0 aliphatic heterocycles. The molecule has 0 heterocycles. The number of hydrogen-bond acceptors (Lipinski definition) is 2. The van der Waals surface area contributed by atoms with E-state index in [2.05, 4.69) is 0 Å². The summed E-state index contributed by atoms with van der Waals surface area (Å²) in [5.74, 6) is -2.72. The van der Waals surface area contributed by atoms with Crippen LogP contribution >= 0.6 is 24.0 Å². The predicted octanol–water partition coefficient (Wildman–Crippen LogP) is 2.96. The van der Waals surface area contributed by atoms with E-state index in [9.17, 15) is 22.0 Å². The maximum absolute atomic E-state index is 13.3. The van der Waals surface area contributed by atoms with E-state index in [1.165, 1.54) is 0 Å². The van der Waals surface area contributed by atoms with Crippen molar-refractivity contribution < 1.29 is 27.1 Å². The minimum absolute atomic E-state index is 0. The second-order valence-corrected chi connectivity index (χ2v) is 3.68. The highest BCUT2D eigenvalue weighted by molar-refractivity contribution is 6.30. The van der Waals surface area contributed by atoms with Crippen molar-refractivity contribution >= 4 is 24.0 Å². The summed E-state index contributed by atoms with van der Waals surface area (Å²) in [4.78, 5) is 0. The molecule has 1 aromatic carbocycles. The Balaban J connectivity index is 0.00000289. The normalized spacial score (nSPS) is 14.9. The lowest BCUT2D eigenvalue weighted by Crippen LogP contribution is -2.39. The first-order valence-corrected chi connectivity index (χ1v) is 4.67. The van der Waals surface area contributed by atoms with E-state index in [4.69, 9.17) is 22.4 Å². The van der Waals surface area contributed by atoms with Gasteiger partial charge in [-0.1, -0.05) is 11.6 Å². The zero-order valence-electron chi connectivity index (χ0n) is 8.51. The predicted molar refractivity (Wildman–Crippen MR) is 57.6 cm³/mol. The van der Waals surface area contributed by atoms with Gasteiger partial charge in [-0.05, 0) is 12.1 Å². The topological polar surface area (TPSA) is 46.2 Å². The standard InChI is InChI=1S/C9H7ClF5NO.ClH/c10-3-1-2-4(11)5(6(3)12)7(16)8(17)9(13,14)15;/h1-2,7-8,17H,16H2;1H/t7-,8-;/m1./s1. The van der Waals surface area contributed by atoms with Gasteiger partial charge in [-0.25, -0.2) is 8.78 Å². The lowest BCUT2D eigenvalue weighted by Gasteiger charge is -2.22. The summed E-state index contributed by atoms with van der Waals surface area (Å²) in [5.41, 5.74) is 3.89. The summed E-state index contributed by atoms with van der Waals surface area (Å²) in [6.07, 6.45) is -8.16. The number of nitrogens with two attached hydrogens (primary N) is 1. The van der Waals surface area contributed by atoms with Crippen molar-refractivity contribution in [2.75, 3.05) is 0 Å². The Labute approximate surface area is 110 Å². The maximum Gasteiger partial charge on any atom is 0.416 e. The van der Waals surface area contributed by atoms with Crippen molar-refractivity contribution in [3.63, 3.8) is 0 Å². The fourth-order valence-electron chi connectivity index (χ4n) is 1.21. The van der Waals surface area contributed by atoms with Crippen LogP contribution in [0.15, 0.2) is 12.1 Å². The lowest BCUT2D eigenvalue weighted by atomic mass is 10.0. The first-order valence-electron chi connectivity index (χ1n) is 4.30. The average Bonchev–Trinajstić information content (AvgIpc) is 2.21. The molecule has 0 spiro atoms. The third kappa shape index (κ3) is 3.44. The van der Waals surface area contributed by atoms with Crippen molar-refractivity contribution in [1.82, 2.24) is 0 Å². The van der Waals surface area contributed by atoms with Crippen LogP contribution in [0.3, 0.4) is 0 Å². The Morgan fingerprint density at radius 1 is 1.22 bits per heavy atom. The Morgan fingerprint density at radius 3 is 2.17 bits per heavy atom. The number of rotatable bonds is 2. The van der Waals surface area contributed by atoms with Gasteiger partial charge in [0.2, 0.25) is 0 Å². The van der Waals surface area contributed by atoms with Gasteiger partial charge in [0.25, 0.3) is 0 Å². The van der Waals surface area contributed by atoms with Gasteiger partial charge in [-0.3, -0.25) is 0 Å². The average molecular weight is 312 g/mol. The largest absolute Gasteiger partial charge is 0.416 e. The minimum atomic E-state index is -5.08. The fraction of sp³-hybridized carbons (Fsp3) is 0.333. The summed E-state index contributed by atoms with van der Waals surface area (Å²) >= 11 is 5.29. The van der Waals surface area contributed by atoms with E-state index in [1.807, 2.05) is 0 Å². The second-order valence-electron chi connectivity index (χ2n) is 3.27. The Hall–Kier alpha value is -0.630. The summed E-state index contributed by atoms with van der Waals surface area (Å²) in [6, 6.07) is -0.778. The highest BCUT2D eigenvalue weighted by Gasteiger charge is 2.44. The first-order chi connectivity index (χ1) is 7.66. The monoisotopic (exact) mass is 311 g/mol. The quantitative estimate of drug-likeness (QED) is 0.651. The number of aliphatic hydroxyl groups is 1. The molecule has 2 atom stereocenters. The van der Waals surface area contributed by atoms with Crippen molar-refractivity contribution in [1.29, 1.82) is 0 Å². The van der Waals surface area contributed by atoms with Crippen molar-refractivity contribution in [2.45, 2.75) is 18.3 Å². The van der Waals surface area contributed by atoms with Gasteiger partial charge in [-0.15, -0.1) is 12.4 Å². The maximum atomic E-state index is 13.3. The third-order valence-electron chi connectivity index (χ3n) is 2.09. The van der Waals surface area contributed by atoms with Crippen molar-refractivity contribution in [3.8, 4) is 0 Å². The molecular formula is C9H8Cl2F5NO. The summed E-state index contributed by atoms with van der Waals surface area (Å²) in [7, 11) is 0. The van der Waals surface area contributed by atoms with E-state index >= 15 is 0 Å². The van der Waals surface area contributed by atoms with Gasteiger partial charge in [0, 0.05) is 5.56 Å². The van der Waals surface area contributed by atoms with Crippen LogP contribution in [0.4, 0.5) is 22.0 Å². The molecule has 1 rings (SSSR count). The molecule has 0 aliphatic carbocycles. The van der Waals surface area contributed by atoms with Crippen molar-refractivity contribution in [3.05, 3.63) is 34.4 Å².